The molecule has 0 saturated carbocycles. The van der Waals surface area contributed by atoms with Gasteiger partial charge in [0.25, 0.3) is 5.91 Å². The van der Waals surface area contributed by atoms with Crippen LogP contribution in [0.3, 0.4) is 0 Å². The zero-order valence-electron chi connectivity index (χ0n) is 15.7. The first-order valence-electron chi connectivity index (χ1n) is 8.78. The minimum atomic E-state index is -0.204. The highest BCUT2D eigenvalue weighted by atomic mass is 16.5. The van der Waals surface area contributed by atoms with Crippen molar-refractivity contribution >= 4 is 11.6 Å². The summed E-state index contributed by atoms with van der Waals surface area (Å²) < 4.78 is 9.19. The molecule has 4 aromatic rings. The molecule has 0 spiro atoms. The van der Waals surface area contributed by atoms with E-state index in [4.69, 9.17) is 4.74 Å². The first kappa shape index (κ1) is 17.7. The molecule has 0 unspecified atom stereocenters. The van der Waals surface area contributed by atoms with Gasteiger partial charge in [-0.05, 0) is 19.1 Å². The highest BCUT2D eigenvalue weighted by Gasteiger charge is 2.16. The maximum atomic E-state index is 11.9. The molecule has 4 heterocycles. The van der Waals surface area contributed by atoms with E-state index in [0.29, 0.717) is 29.4 Å². The fraction of sp³-hybridized carbons (Fsp3) is 0.211. The molecule has 0 aromatic carbocycles. The number of aromatic nitrogens is 6. The number of rotatable bonds is 5. The van der Waals surface area contributed by atoms with Crippen LogP contribution in [0.4, 0.5) is 0 Å². The van der Waals surface area contributed by atoms with Crippen molar-refractivity contribution in [3.05, 3.63) is 48.7 Å². The Hall–Kier alpha value is -3.75. The Balaban J connectivity index is 1.86. The van der Waals surface area contributed by atoms with Crippen molar-refractivity contribution in [3.8, 4) is 28.3 Å². The largest absolute Gasteiger partial charge is 0.476 e. The number of aryl methyl sites for hydroxylation is 1. The van der Waals surface area contributed by atoms with E-state index in [1.807, 2.05) is 26.2 Å². The van der Waals surface area contributed by atoms with E-state index in [1.165, 1.54) is 6.20 Å². The van der Waals surface area contributed by atoms with Crippen LogP contribution in [0.25, 0.3) is 28.0 Å². The molecule has 0 aliphatic heterocycles. The Bertz CT molecular complexity index is 1160. The zero-order valence-corrected chi connectivity index (χ0v) is 15.7. The molecule has 28 heavy (non-hydrogen) atoms. The van der Waals surface area contributed by atoms with E-state index in [9.17, 15) is 4.79 Å². The maximum Gasteiger partial charge on any atom is 0.252 e. The van der Waals surface area contributed by atoms with E-state index in [0.717, 1.165) is 16.7 Å². The minimum absolute atomic E-state index is 0.204. The van der Waals surface area contributed by atoms with Gasteiger partial charge in [-0.15, -0.1) is 5.10 Å². The second kappa shape index (κ2) is 7.10. The van der Waals surface area contributed by atoms with Crippen molar-refractivity contribution in [1.29, 1.82) is 0 Å². The van der Waals surface area contributed by atoms with Gasteiger partial charge >= 0.3 is 0 Å². The van der Waals surface area contributed by atoms with E-state index in [2.05, 4.69) is 25.5 Å². The molecule has 0 aliphatic carbocycles. The van der Waals surface area contributed by atoms with E-state index < -0.39 is 0 Å². The first-order valence-corrected chi connectivity index (χ1v) is 8.78. The van der Waals surface area contributed by atoms with Gasteiger partial charge in [0.1, 0.15) is 0 Å². The van der Waals surface area contributed by atoms with Gasteiger partial charge in [0, 0.05) is 43.8 Å². The van der Waals surface area contributed by atoms with Crippen LogP contribution in [0.1, 0.15) is 17.3 Å². The Labute approximate surface area is 161 Å². The van der Waals surface area contributed by atoms with Crippen LogP contribution in [0.15, 0.2) is 43.1 Å². The molecule has 0 bridgehead atoms. The number of imidazole rings is 1. The van der Waals surface area contributed by atoms with Crippen molar-refractivity contribution in [1.82, 2.24) is 34.7 Å². The van der Waals surface area contributed by atoms with E-state index in [-0.39, 0.29) is 5.91 Å². The lowest BCUT2D eigenvalue weighted by Gasteiger charge is -2.10. The summed E-state index contributed by atoms with van der Waals surface area (Å²) in [5.74, 6) is 0.280. The van der Waals surface area contributed by atoms with Crippen molar-refractivity contribution in [2.24, 2.45) is 7.05 Å². The number of amides is 1. The zero-order chi connectivity index (χ0) is 19.7. The Morgan fingerprint density at radius 1 is 1.18 bits per heavy atom. The third-order valence-corrected chi connectivity index (χ3v) is 4.28. The average molecular weight is 377 g/mol. The number of carbonyl (C=O) groups excluding carboxylic acids is 1. The lowest BCUT2D eigenvalue weighted by atomic mass is 10.1. The van der Waals surface area contributed by atoms with Crippen molar-refractivity contribution in [2.75, 3.05) is 13.7 Å². The summed E-state index contributed by atoms with van der Waals surface area (Å²) in [6, 6.07) is 3.67. The van der Waals surface area contributed by atoms with Gasteiger partial charge < -0.3 is 10.1 Å². The first-order chi connectivity index (χ1) is 13.6. The predicted octanol–water partition coefficient (Wildman–Crippen LogP) is 1.95. The van der Waals surface area contributed by atoms with Crippen LogP contribution in [0, 0.1) is 0 Å². The highest BCUT2D eigenvalue weighted by molar-refractivity contribution is 5.94. The van der Waals surface area contributed by atoms with Crippen molar-refractivity contribution < 1.29 is 9.53 Å². The number of nitrogens with one attached hydrogen (secondary N) is 1. The normalized spacial score (nSPS) is 11.0. The topological polar surface area (TPSA) is 99.2 Å². The second-order valence-electron chi connectivity index (χ2n) is 6.15. The molecule has 0 atom stereocenters. The summed E-state index contributed by atoms with van der Waals surface area (Å²) in [5.41, 5.74) is 4.28. The lowest BCUT2D eigenvalue weighted by molar-refractivity contribution is 0.0962. The number of hydrogen-bond donors (Lipinski definition) is 1. The number of pyridine rings is 1. The van der Waals surface area contributed by atoms with Crippen LogP contribution in [0.5, 0.6) is 5.88 Å². The molecule has 4 aromatic heterocycles. The molecule has 4 rings (SSSR count). The fourth-order valence-electron chi connectivity index (χ4n) is 2.95. The summed E-state index contributed by atoms with van der Waals surface area (Å²) in [6.45, 7) is 2.38. The van der Waals surface area contributed by atoms with Gasteiger partial charge in [-0.3, -0.25) is 14.5 Å². The number of hydrogen-bond acceptors (Lipinski definition) is 6. The van der Waals surface area contributed by atoms with Crippen LogP contribution in [-0.2, 0) is 7.05 Å². The Morgan fingerprint density at radius 3 is 2.75 bits per heavy atom. The van der Waals surface area contributed by atoms with Gasteiger partial charge in [-0.25, -0.2) is 9.50 Å². The maximum absolute atomic E-state index is 11.9. The second-order valence-corrected chi connectivity index (χ2v) is 6.15. The summed E-state index contributed by atoms with van der Waals surface area (Å²) in [6.07, 6.45) is 8.56. The standard InChI is InChI=1S/C19H19N7O2/c1-4-28-19-15(14-9-23-25(3)11-14)6-17-22-10-16(26(17)24-19)12-5-13(8-21-7-12)18(27)20-2/h5-11H,4H2,1-3H3,(H,20,27). The smallest absolute Gasteiger partial charge is 0.252 e. The molecule has 0 fully saturated rings. The van der Waals surface area contributed by atoms with Gasteiger partial charge in [0.2, 0.25) is 5.88 Å². The SMILES string of the molecule is CCOc1nn2c(-c3cncc(C(=O)NC)c3)cnc2cc1-c1cnn(C)c1. The van der Waals surface area contributed by atoms with Gasteiger partial charge in [-0.2, -0.15) is 5.10 Å². The molecule has 0 saturated heterocycles. The monoisotopic (exact) mass is 377 g/mol. The Morgan fingerprint density at radius 2 is 2.04 bits per heavy atom. The van der Waals surface area contributed by atoms with Gasteiger partial charge in [0.05, 0.1) is 35.8 Å². The average Bonchev–Trinajstić information content (AvgIpc) is 3.33. The predicted molar refractivity (Wildman–Crippen MR) is 103 cm³/mol. The minimum Gasteiger partial charge on any atom is -0.476 e. The summed E-state index contributed by atoms with van der Waals surface area (Å²) in [7, 11) is 3.44. The van der Waals surface area contributed by atoms with Gasteiger partial charge in [0.15, 0.2) is 5.65 Å². The van der Waals surface area contributed by atoms with Crippen LogP contribution < -0.4 is 10.1 Å². The fourth-order valence-corrected chi connectivity index (χ4v) is 2.95. The third kappa shape index (κ3) is 3.07. The lowest BCUT2D eigenvalue weighted by Crippen LogP contribution is -2.17. The summed E-state index contributed by atoms with van der Waals surface area (Å²) in [4.78, 5) is 20.6. The van der Waals surface area contributed by atoms with Crippen LogP contribution >= 0.6 is 0 Å². The van der Waals surface area contributed by atoms with Gasteiger partial charge in [-0.1, -0.05) is 0 Å². The highest BCUT2D eigenvalue weighted by Crippen LogP contribution is 2.31. The van der Waals surface area contributed by atoms with Crippen LogP contribution in [-0.4, -0.2) is 48.9 Å². The summed E-state index contributed by atoms with van der Waals surface area (Å²) in [5, 5.41) is 11.5. The molecule has 0 aliphatic rings. The molecule has 1 N–H and O–H groups in total. The molecule has 0 radical (unpaired) electrons. The van der Waals surface area contributed by atoms with Crippen molar-refractivity contribution in [3.63, 3.8) is 0 Å². The van der Waals surface area contributed by atoms with Crippen LogP contribution in [0.2, 0.25) is 0 Å². The van der Waals surface area contributed by atoms with E-state index in [1.54, 1.807) is 40.9 Å². The molecule has 9 heteroatoms. The molecule has 142 valence electrons. The number of fused-ring (bicyclic) bond motifs is 1. The summed E-state index contributed by atoms with van der Waals surface area (Å²) >= 11 is 0. The molecular formula is C19H19N7O2. The van der Waals surface area contributed by atoms with Crippen molar-refractivity contribution in [2.45, 2.75) is 6.92 Å². The number of ether oxygens (including phenoxy) is 1. The van der Waals surface area contributed by atoms with E-state index >= 15 is 0 Å². The number of nitrogens with zero attached hydrogens (tertiary/aromatic N) is 6. The molecular weight excluding hydrogens is 358 g/mol. The number of carbonyl (C=O) groups is 1. The molecule has 9 nitrogen and oxygen atoms in total. The third-order valence-electron chi connectivity index (χ3n) is 4.28. The molecule has 1 amide bonds. The quantitative estimate of drug-likeness (QED) is 0.571. The Kier molecular flexibility index (Phi) is 4.48.